The highest BCUT2D eigenvalue weighted by Gasteiger charge is 2.24. The zero-order valence-electron chi connectivity index (χ0n) is 12.7. The highest BCUT2D eigenvalue weighted by atomic mass is 32.2. The average Bonchev–Trinajstić information content (AvgIpc) is 2.49. The first-order valence-electron chi connectivity index (χ1n) is 6.78. The summed E-state index contributed by atoms with van der Waals surface area (Å²) in [5, 5.41) is 3.39. The number of nitrogen functional groups attached to an aromatic ring is 1. The number of hydrogen-bond donors (Lipinski definition) is 2. The molecule has 0 unspecified atom stereocenters. The number of hydrogen-bond acceptors (Lipinski definition) is 5. The van der Waals surface area contributed by atoms with Crippen LogP contribution in [-0.2, 0) is 4.74 Å². The van der Waals surface area contributed by atoms with E-state index in [0.29, 0.717) is 11.3 Å². The second kappa shape index (κ2) is 7.43. The molecule has 0 saturated carbocycles. The van der Waals surface area contributed by atoms with Crippen molar-refractivity contribution in [3.8, 4) is 0 Å². The minimum Gasteiger partial charge on any atom is -0.465 e. The first kappa shape index (κ1) is 16.7. The van der Waals surface area contributed by atoms with Gasteiger partial charge in [0.1, 0.15) is 0 Å². The molecule has 1 rings (SSSR count). The molecular formula is C15H24N2O2S. The Balaban J connectivity index is 2.81. The summed E-state index contributed by atoms with van der Waals surface area (Å²) >= 11 is 1.88. The fraction of sp³-hybridized carbons (Fsp3) is 0.533. The molecule has 112 valence electrons. The molecule has 0 radical (unpaired) electrons. The summed E-state index contributed by atoms with van der Waals surface area (Å²) < 4.78 is 4.90. The van der Waals surface area contributed by atoms with Crippen LogP contribution in [-0.4, -0.2) is 30.6 Å². The Morgan fingerprint density at radius 3 is 2.50 bits per heavy atom. The number of thioether (sulfide) groups is 1. The van der Waals surface area contributed by atoms with Gasteiger partial charge in [0, 0.05) is 11.3 Å². The summed E-state index contributed by atoms with van der Waals surface area (Å²) in [4.78, 5) is 11.4. The third-order valence-electron chi connectivity index (χ3n) is 3.80. The molecule has 0 spiro atoms. The van der Waals surface area contributed by atoms with Crippen molar-refractivity contribution in [3.63, 3.8) is 0 Å². The lowest BCUT2D eigenvalue weighted by Crippen LogP contribution is -2.32. The number of anilines is 2. The van der Waals surface area contributed by atoms with Gasteiger partial charge in [-0.1, -0.05) is 13.8 Å². The van der Waals surface area contributed by atoms with Crippen LogP contribution in [0.3, 0.4) is 0 Å². The van der Waals surface area contributed by atoms with E-state index in [1.54, 1.807) is 12.1 Å². The molecular weight excluding hydrogens is 272 g/mol. The lowest BCUT2D eigenvalue weighted by Gasteiger charge is -2.30. The first-order chi connectivity index (χ1) is 9.51. The second-order valence-corrected chi connectivity index (χ2v) is 6.02. The lowest BCUT2D eigenvalue weighted by molar-refractivity contribution is 0.0601. The number of esters is 1. The normalized spacial score (nSPS) is 11.2. The van der Waals surface area contributed by atoms with Crippen LogP contribution in [0.1, 0.15) is 37.0 Å². The molecule has 0 aliphatic carbocycles. The maximum Gasteiger partial charge on any atom is 0.337 e. The van der Waals surface area contributed by atoms with E-state index in [1.165, 1.54) is 7.11 Å². The van der Waals surface area contributed by atoms with Crippen LogP contribution in [0.2, 0.25) is 0 Å². The molecule has 3 N–H and O–H groups in total. The zero-order valence-corrected chi connectivity index (χ0v) is 13.5. The number of rotatable bonds is 7. The molecule has 1 aromatic rings. The number of carbonyl (C=O) groups is 1. The molecule has 0 aromatic heterocycles. The predicted molar refractivity (Wildman–Crippen MR) is 87.5 cm³/mol. The number of ether oxygens (including phenoxy) is 1. The van der Waals surface area contributed by atoms with Crippen LogP contribution in [0.25, 0.3) is 0 Å². The fourth-order valence-corrected chi connectivity index (χ4v) is 2.88. The van der Waals surface area contributed by atoms with E-state index in [4.69, 9.17) is 5.73 Å². The van der Waals surface area contributed by atoms with Gasteiger partial charge in [0.25, 0.3) is 0 Å². The molecule has 0 fully saturated rings. The van der Waals surface area contributed by atoms with Crippen molar-refractivity contribution in [2.75, 3.05) is 31.0 Å². The van der Waals surface area contributed by atoms with Gasteiger partial charge < -0.3 is 15.8 Å². The highest BCUT2D eigenvalue weighted by Crippen LogP contribution is 2.31. The minimum atomic E-state index is -0.371. The molecule has 0 aliphatic rings. The monoisotopic (exact) mass is 296 g/mol. The number of nitrogens with two attached hydrogens (primary N) is 1. The fourth-order valence-electron chi connectivity index (χ4n) is 2.09. The van der Waals surface area contributed by atoms with Crippen LogP contribution >= 0.6 is 11.8 Å². The van der Waals surface area contributed by atoms with E-state index in [-0.39, 0.29) is 10.7 Å². The molecule has 0 bridgehead atoms. The molecule has 1 aromatic carbocycles. The van der Waals surface area contributed by atoms with Crippen molar-refractivity contribution in [1.82, 2.24) is 0 Å². The Bertz CT molecular complexity index is 451. The average molecular weight is 296 g/mol. The number of nitrogens with one attached hydrogen (secondary N) is 1. The number of carbonyl (C=O) groups excluding carboxylic acids is 1. The Labute approximate surface area is 125 Å². The van der Waals surface area contributed by atoms with Crippen molar-refractivity contribution >= 4 is 29.1 Å². The van der Waals surface area contributed by atoms with Gasteiger partial charge in [-0.15, -0.1) is 0 Å². The van der Waals surface area contributed by atoms with Crippen molar-refractivity contribution in [2.24, 2.45) is 0 Å². The summed E-state index contributed by atoms with van der Waals surface area (Å²) in [5.41, 5.74) is 7.88. The molecule has 5 heteroatoms. The van der Waals surface area contributed by atoms with Crippen molar-refractivity contribution in [1.29, 1.82) is 0 Å². The van der Waals surface area contributed by atoms with Crippen LogP contribution < -0.4 is 11.1 Å². The van der Waals surface area contributed by atoms with Gasteiger partial charge in [-0.3, -0.25) is 0 Å². The van der Waals surface area contributed by atoms with Gasteiger partial charge in [-0.05, 0) is 37.3 Å². The van der Waals surface area contributed by atoms with E-state index in [1.807, 2.05) is 17.8 Å². The third kappa shape index (κ3) is 3.82. The topological polar surface area (TPSA) is 64.3 Å². The van der Waals surface area contributed by atoms with E-state index in [2.05, 4.69) is 30.2 Å². The van der Waals surface area contributed by atoms with Gasteiger partial charge in [-0.2, -0.15) is 11.8 Å². The number of benzene rings is 1. The Kier molecular flexibility index (Phi) is 6.20. The Morgan fingerprint density at radius 1 is 1.40 bits per heavy atom. The van der Waals surface area contributed by atoms with Gasteiger partial charge in [-0.25, -0.2) is 4.79 Å². The standard InChI is InChI=1S/C15H24N2O2S/c1-5-15(6-2,20-4)10-17-13-8-7-11(9-12(13)16)14(18)19-3/h7-9,17H,5-6,10,16H2,1-4H3. The van der Waals surface area contributed by atoms with Crippen molar-refractivity contribution < 1.29 is 9.53 Å². The Hall–Kier alpha value is -1.36. The molecule has 4 nitrogen and oxygen atoms in total. The lowest BCUT2D eigenvalue weighted by atomic mass is 10.0. The third-order valence-corrected chi connectivity index (χ3v) is 5.38. The smallest absolute Gasteiger partial charge is 0.337 e. The maximum atomic E-state index is 11.4. The number of methoxy groups -OCH3 is 1. The summed E-state index contributed by atoms with van der Waals surface area (Å²) in [5.74, 6) is -0.371. The molecule has 0 heterocycles. The summed E-state index contributed by atoms with van der Waals surface area (Å²) in [6.07, 6.45) is 4.33. The van der Waals surface area contributed by atoms with Gasteiger partial charge in [0.2, 0.25) is 0 Å². The van der Waals surface area contributed by atoms with E-state index in [0.717, 1.165) is 25.1 Å². The predicted octanol–water partition coefficient (Wildman–Crippen LogP) is 3.39. The van der Waals surface area contributed by atoms with E-state index >= 15 is 0 Å². The minimum absolute atomic E-state index is 0.216. The zero-order chi connectivity index (χ0) is 15.2. The molecule has 0 saturated heterocycles. The van der Waals surface area contributed by atoms with Crippen molar-refractivity contribution in [2.45, 2.75) is 31.4 Å². The largest absolute Gasteiger partial charge is 0.465 e. The highest BCUT2D eigenvalue weighted by molar-refractivity contribution is 8.00. The summed E-state index contributed by atoms with van der Waals surface area (Å²) in [7, 11) is 1.36. The van der Waals surface area contributed by atoms with E-state index < -0.39 is 0 Å². The molecule has 0 aliphatic heterocycles. The molecule has 0 atom stereocenters. The van der Waals surface area contributed by atoms with Crippen LogP contribution in [0, 0.1) is 0 Å². The molecule has 0 amide bonds. The second-order valence-electron chi connectivity index (χ2n) is 4.74. The summed E-state index contributed by atoms with van der Waals surface area (Å²) in [6, 6.07) is 5.20. The van der Waals surface area contributed by atoms with Gasteiger partial charge in [0.15, 0.2) is 0 Å². The quantitative estimate of drug-likeness (QED) is 0.596. The van der Waals surface area contributed by atoms with Crippen molar-refractivity contribution in [3.05, 3.63) is 23.8 Å². The van der Waals surface area contributed by atoms with E-state index in [9.17, 15) is 4.79 Å². The van der Waals surface area contributed by atoms with Crippen LogP contribution in [0.4, 0.5) is 11.4 Å². The Morgan fingerprint density at radius 2 is 2.05 bits per heavy atom. The molecule has 20 heavy (non-hydrogen) atoms. The summed E-state index contributed by atoms with van der Waals surface area (Å²) in [6.45, 7) is 5.25. The van der Waals surface area contributed by atoms with Crippen LogP contribution in [0.15, 0.2) is 18.2 Å². The maximum absolute atomic E-state index is 11.4. The van der Waals surface area contributed by atoms with Gasteiger partial charge >= 0.3 is 5.97 Å². The SMILES string of the molecule is CCC(CC)(CNc1ccc(C(=O)OC)cc1N)SC. The van der Waals surface area contributed by atoms with Crippen LogP contribution in [0.5, 0.6) is 0 Å². The first-order valence-corrected chi connectivity index (χ1v) is 8.01. The van der Waals surface area contributed by atoms with Gasteiger partial charge in [0.05, 0.1) is 24.0 Å².